The van der Waals surface area contributed by atoms with E-state index in [0.717, 1.165) is 5.69 Å². The van der Waals surface area contributed by atoms with Gasteiger partial charge in [-0.25, -0.2) is 14.4 Å². The van der Waals surface area contributed by atoms with Gasteiger partial charge in [0.05, 0.1) is 12.5 Å². The molecule has 1 aromatic carbocycles. The van der Waals surface area contributed by atoms with Crippen LogP contribution in [0.25, 0.3) is 0 Å². The molecule has 1 atom stereocenters. The quantitative estimate of drug-likeness (QED) is 0.724. The number of aromatic nitrogens is 2. The average Bonchev–Trinajstić information content (AvgIpc) is 2.46. The number of nitrogens with zero attached hydrogens (tertiary/aromatic N) is 2. The summed E-state index contributed by atoms with van der Waals surface area (Å²) in [5, 5.41) is 14.9. The van der Waals surface area contributed by atoms with Crippen molar-refractivity contribution in [2.75, 3.05) is 5.32 Å². The number of aliphatic carboxylic acids is 1. The zero-order chi connectivity index (χ0) is 16.8. The fourth-order valence-electron chi connectivity index (χ4n) is 1.93. The molecule has 1 aromatic heterocycles. The first-order valence-corrected chi connectivity index (χ1v) is 7.19. The Hall–Kier alpha value is -2.61. The van der Waals surface area contributed by atoms with E-state index in [4.69, 9.17) is 17.3 Å². The Balaban J connectivity index is 2.09. The first kappa shape index (κ1) is 16.8. The Morgan fingerprint density at radius 1 is 1.35 bits per heavy atom. The molecule has 0 aliphatic heterocycles. The smallest absolute Gasteiger partial charge is 0.305 e. The molecule has 1 heterocycles. The van der Waals surface area contributed by atoms with Crippen molar-refractivity contribution in [2.24, 2.45) is 0 Å². The fourth-order valence-corrected chi connectivity index (χ4v) is 2.16. The van der Waals surface area contributed by atoms with Crippen LogP contribution in [-0.2, 0) is 4.79 Å². The molecule has 8 heteroatoms. The number of anilines is 1. The molecule has 0 spiro atoms. The number of hydrogen-bond acceptors (Lipinski definition) is 4. The summed E-state index contributed by atoms with van der Waals surface area (Å²) in [6.45, 7) is 1.81. The van der Waals surface area contributed by atoms with Crippen LogP contribution in [0.2, 0.25) is 0 Å². The van der Waals surface area contributed by atoms with E-state index in [1.54, 1.807) is 12.3 Å². The summed E-state index contributed by atoms with van der Waals surface area (Å²) in [5.41, 5.74) is 1.38. The van der Waals surface area contributed by atoms with Crippen molar-refractivity contribution in [1.82, 2.24) is 15.3 Å². The molecule has 6 nitrogen and oxygen atoms in total. The molecular formula is C15H15FN4O2S. The van der Waals surface area contributed by atoms with E-state index in [2.05, 4.69) is 20.6 Å². The van der Waals surface area contributed by atoms with Gasteiger partial charge in [0, 0.05) is 11.9 Å². The third-order valence-electron chi connectivity index (χ3n) is 2.98. The molecule has 120 valence electrons. The first-order chi connectivity index (χ1) is 10.9. The number of hydrogen-bond donors (Lipinski definition) is 3. The predicted octanol–water partition coefficient (Wildman–Crippen LogP) is 2.43. The average molecular weight is 334 g/mol. The number of halogens is 1. The molecule has 0 amide bonds. The van der Waals surface area contributed by atoms with Gasteiger partial charge in [0.25, 0.3) is 0 Å². The van der Waals surface area contributed by atoms with Gasteiger partial charge < -0.3 is 15.7 Å². The van der Waals surface area contributed by atoms with E-state index in [-0.39, 0.29) is 11.5 Å². The maximum absolute atomic E-state index is 13.0. The number of benzene rings is 1. The van der Waals surface area contributed by atoms with Gasteiger partial charge >= 0.3 is 5.97 Å². The summed E-state index contributed by atoms with van der Waals surface area (Å²) < 4.78 is 13.0. The Morgan fingerprint density at radius 2 is 2.04 bits per heavy atom. The second-order valence-electron chi connectivity index (χ2n) is 4.82. The van der Waals surface area contributed by atoms with Crippen LogP contribution in [-0.4, -0.2) is 26.2 Å². The topological polar surface area (TPSA) is 87.1 Å². The lowest BCUT2D eigenvalue weighted by molar-refractivity contribution is -0.137. The molecule has 0 saturated heterocycles. The van der Waals surface area contributed by atoms with Crippen LogP contribution in [0.15, 0.2) is 36.5 Å². The van der Waals surface area contributed by atoms with Crippen LogP contribution >= 0.6 is 12.2 Å². The van der Waals surface area contributed by atoms with Gasteiger partial charge in [-0.2, -0.15) is 0 Å². The van der Waals surface area contributed by atoms with Gasteiger partial charge in [-0.15, -0.1) is 0 Å². The van der Waals surface area contributed by atoms with Crippen molar-refractivity contribution in [3.8, 4) is 0 Å². The van der Waals surface area contributed by atoms with Crippen molar-refractivity contribution in [2.45, 2.75) is 19.4 Å². The maximum atomic E-state index is 13.0. The largest absolute Gasteiger partial charge is 0.481 e. The van der Waals surface area contributed by atoms with E-state index in [0.29, 0.717) is 11.5 Å². The zero-order valence-electron chi connectivity index (χ0n) is 12.3. The van der Waals surface area contributed by atoms with Gasteiger partial charge in [-0.1, -0.05) is 12.1 Å². The van der Waals surface area contributed by atoms with Crippen LogP contribution in [0.5, 0.6) is 0 Å². The second-order valence-corrected chi connectivity index (χ2v) is 5.23. The van der Waals surface area contributed by atoms with Crippen molar-refractivity contribution in [3.05, 3.63) is 53.6 Å². The van der Waals surface area contributed by atoms with Gasteiger partial charge in [0.1, 0.15) is 5.82 Å². The van der Waals surface area contributed by atoms with Crippen LogP contribution in [0.3, 0.4) is 0 Å². The fraction of sp³-hybridized carbons (Fsp3) is 0.200. The first-order valence-electron chi connectivity index (χ1n) is 6.78. The highest BCUT2D eigenvalue weighted by Gasteiger charge is 2.17. The maximum Gasteiger partial charge on any atom is 0.305 e. The summed E-state index contributed by atoms with van der Waals surface area (Å²) in [7, 11) is 0. The summed E-state index contributed by atoms with van der Waals surface area (Å²) in [5.74, 6) is -1.08. The zero-order valence-corrected chi connectivity index (χ0v) is 13.1. The Kier molecular flexibility index (Phi) is 5.53. The summed E-state index contributed by atoms with van der Waals surface area (Å²) in [6.07, 6.45) is 1.38. The van der Waals surface area contributed by atoms with E-state index < -0.39 is 17.8 Å². The SMILES string of the molecule is Cc1ccnc(NC(=S)N[C@H](CC(=O)O)c2ccc(F)cc2)n1. The Bertz CT molecular complexity index is 709. The molecule has 2 aromatic rings. The lowest BCUT2D eigenvalue weighted by atomic mass is 10.0. The van der Waals surface area contributed by atoms with Crippen LogP contribution in [0.4, 0.5) is 10.3 Å². The molecule has 0 unspecified atom stereocenters. The monoisotopic (exact) mass is 334 g/mol. The van der Waals surface area contributed by atoms with Gasteiger partial charge in [-0.3, -0.25) is 4.79 Å². The molecule has 3 N–H and O–H groups in total. The molecule has 0 fully saturated rings. The molecule has 23 heavy (non-hydrogen) atoms. The number of nitrogens with one attached hydrogen (secondary N) is 2. The lowest BCUT2D eigenvalue weighted by Crippen LogP contribution is -2.34. The lowest BCUT2D eigenvalue weighted by Gasteiger charge is -2.19. The van der Waals surface area contributed by atoms with Gasteiger partial charge in [0.15, 0.2) is 5.11 Å². The van der Waals surface area contributed by atoms with Crippen LogP contribution < -0.4 is 10.6 Å². The van der Waals surface area contributed by atoms with E-state index in [9.17, 15) is 9.18 Å². The number of thiocarbonyl (C=S) groups is 1. The van der Waals surface area contributed by atoms with Crippen molar-refractivity contribution in [1.29, 1.82) is 0 Å². The molecular weight excluding hydrogens is 319 g/mol. The molecule has 0 radical (unpaired) electrons. The predicted molar refractivity (Wildman–Crippen MR) is 87.5 cm³/mol. The number of carboxylic acids is 1. The highest BCUT2D eigenvalue weighted by Crippen LogP contribution is 2.17. The summed E-state index contributed by atoms with van der Waals surface area (Å²) in [6, 6.07) is 6.72. The molecule has 0 aliphatic rings. The van der Waals surface area contributed by atoms with Gasteiger partial charge in [0.2, 0.25) is 5.95 Å². The standard InChI is InChI=1S/C15H15FN4O2S/c1-9-6-7-17-14(18-9)20-15(23)19-12(8-13(21)22)10-2-4-11(16)5-3-10/h2-7,12H,8H2,1H3,(H,21,22)(H2,17,18,19,20,23)/t12-/m1/s1. The third kappa shape index (κ3) is 5.26. The third-order valence-corrected chi connectivity index (χ3v) is 3.20. The molecule has 2 rings (SSSR count). The van der Waals surface area contributed by atoms with Crippen LogP contribution in [0, 0.1) is 12.7 Å². The molecule has 0 saturated carbocycles. The number of aryl methyl sites for hydroxylation is 1. The summed E-state index contributed by atoms with van der Waals surface area (Å²) in [4.78, 5) is 19.2. The van der Waals surface area contributed by atoms with Crippen molar-refractivity contribution < 1.29 is 14.3 Å². The minimum atomic E-state index is -0.999. The second kappa shape index (κ2) is 7.59. The Labute approximate surface area is 137 Å². The molecule has 0 bridgehead atoms. The number of rotatable bonds is 5. The summed E-state index contributed by atoms with van der Waals surface area (Å²) >= 11 is 5.16. The van der Waals surface area contributed by atoms with E-state index in [1.165, 1.54) is 24.3 Å². The minimum absolute atomic E-state index is 0.186. The van der Waals surface area contributed by atoms with Crippen LogP contribution in [0.1, 0.15) is 23.7 Å². The Morgan fingerprint density at radius 3 is 2.65 bits per heavy atom. The number of carbonyl (C=O) groups is 1. The van der Waals surface area contributed by atoms with Gasteiger partial charge in [-0.05, 0) is 42.9 Å². The van der Waals surface area contributed by atoms with E-state index >= 15 is 0 Å². The molecule has 0 aliphatic carbocycles. The van der Waals surface area contributed by atoms with Crippen molar-refractivity contribution >= 4 is 29.2 Å². The van der Waals surface area contributed by atoms with Crippen molar-refractivity contribution in [3.63, 3.8) is 0 Å². The highest BCUT2D eigenvalue weighted by atomic mass is 32.1. The normalized spacial score (nSPS) is 11.6. The highest BCUT2D eigenvalue weighted by molar-refractivity contribution is 7.80. The number of carboxylic acid groups (broad SMARTS) is 1. The minimum Gasteiger partial charge on any atom is -0.481 e. The van der Waals surface area contributed by atoms with E-state index in [1.807, 2.05) is 6.92 Å².